The molecule has 4 N–H and O–H groups in total. The Labute approximate surface area is 217 Å². The minimum atomic E-state index is -1.87. The van der Waals surface area contributed by atoms with Gasteiger partial charge in [0.05, 0.1) is 34.7 Å². The third-order valence-electron chi connectivity index (χ3n) is 7.37. The van der Waals surface area contributed by atoms with Gasteiger partial charge in [0, 0.05) is 33.8 Å². The second-order valence-corrected chi connectivity index (χ2v) is 9.90. The maximum Gasteiger partial charge on any atom is 0.343 e. The number of cyclic esters (lactones) is 1. The molecular weight excluding hydrogens is 492 g/mol. The number of aliphatic hydroxyl groups is 1. The van der Waals surface area contributed by atoms with E-state index >= 15 is 0 Å². The highest BCUT2D eigenvalue weighted by molar-refractivity contribution is 6.30. The number of nitrogens with two attached hydrogens (primary N) is 1. The van der Waals surface area contributed by atoms with Crippen LogP contribution in [0.15, 0.2) is 53.3 Å². The lowest BCUT2D eigenvalue weighted by Gasteiger charge is -2.31. The van der Waals surface area contributed by atoms with Crippen LogP contribution in [0.5, 0.6) is 0 Å². The van der Waals surface area contributed by atoms with E-state index < -0.39 is 11.6 Å². The molecule has 0 fully saturated rings. The molecule has 2 aromatic heterocycles. The number of nitrogen functional groups attached to an aromatic ring is 1. The monoisotopic (exact) mass is 516 g/mol. The highest BCUT2D eigenvalue weighted by Crippen LogP contribution is 2.43. The molecule has 188 valence electrons. The van der Waals surface area contributed by atoms with Crippen molar-refractivity contribution in [3.05, 3.63) is 86.2 Å². The number of carbonyl (C=O) groups excluding carboxylic acids is 1. The second kappa shape index (κ2) is 8.61. The standard InChI is InChI=1S/C28H25ClN4O4/c1-2-28(36)19-12-22-24-17(13-33(22)26(34)18(19)14-37-27(28)35)25(23-20(30)4-3-5-21(23)32-24)31-11-10-15-6-8-16(29)9-7-15/h3-9,12,36H,2,10-11,13-14,30H2,1H3,(H,31,32)/t28-/m0/s1. The smallest absolute Gasteiger partial charge is 0.343 e. The number of ether oxygens (including phenoxy) is 1. The molecule has 1 atom stereocenters. The number of benzene rings is 2. The highest BCUT2D eigenvalue weighted by atomic mass is 35.5. The van der Waals surface area contributed by atoms with E-state index in [9.17, 15) is 14.7 Å². The Morgan fingerprint density at radius 1 is 1.19 bits per heavy atom. The number of aromatic nitrogens is 2. The van der Waals surface area contributed by atoms with Crippen molar-refractivity contribution in [3.63, 3.8) is 0 Å². The summed E-state index contributed by atoms with van der Waals surface area (Å²) in [7, 11) is 0. The second-order valence-electron chi connectivity index (χ2n) is 9.46. The van der Waals surface area contributed by atoms with Crippen LogP contribution in [0.4, 0.5) is 11.4 Å². The minimum absolute atomic E-state index is 0.0910. The number of hydrogen-bond donors (Lipinski definition) is 3. The summed E-state index contributed by atoms with van der Waals surface area (Å²) in [5.74, 6) is -0.742. The van der Waals surface area contributed by atoms with Crippen molar-refractivity contribution in [2.24, 2.45) is 0 Å². The van der Waals surface area contributed by atoms with Crippen LogP contribution in [0.2, 0.25) is 5.02 Å². The fourth-order valence-corrected chi connectivity index (χ4v) is 5.46. The van der Waals surface area contributed by atoms with Gasteiger partial charge in [-0.2, -0.15) is 0 Å². The van der Waals surface area contributed by atoms with Crippen LogP contribution in [0.25, 0.3) is 22.3 Å². The van der Waals surface area contributed by atoms with Crippen molar-refractivity contribution in [3.8, 4) is 11.4 Å². The number of anilines is 2. The first-order chi connectivity index (χ1) is 17.8. The molecule has 4 aromatic rings. The number of esters is 1. The van der Waals surface area contributed by atoms with Gasteiger partial charge in [-0.1, -0.05) is 36.7 Å². The Morgan fingerprint density at radius 3 is 2.73 bits per heavy atom. The minimum Gasteiger partial charge on any atom is -0.458 e. The average Bonchev–Trinajstić information content (AvgIpc) is 3.26. The topological polar surface area (TPSA) is 119 Å². The third kappa shape index (κ3) is 3.59. The van der Waals surface area contributed by atoms with Gasteiger partial charge in [0.1, 0.15) is 6.61 Å². The highest BCUT2D eigenvalue weighted by Gasteiger charge is 2.45. The number of nitrogens with one attached hydrogen (secondary N) is 1. The van der Waals surface area contributed by atoms with Crippen LogP contribution in [-0.2, 0) is 34.7 Å². The molecule has 0 aliphatic carbocycles. The third-order valence-corrected chi connectivity index (χ3v) is 7.63. The van der Waals surface area contributed by atoms with Crippen LogP contribution in [0.1, 0.15) is 35.6 Å². The molecule has 2 aliphatic heterocycles. The number of rotatable bonds is 5. The first-order valence-electron chi connectivity index (χ1n) is 12.2. The van der Waals surface area contributed by atoms with Crippen molar-refractivity contribution in [1.82, 2.24) is 9.55 Å². The lowest BCUT2D eigenvalue weighted by Crippen LogP contribution is -2.44. The summed E-state index contributed by atoms with van der Waals surface area (Å²) in [5, 5.41) is 16.2. The number of pyridine rings is 2. The van der Waals surface area contributed by atoms with Crippen LogP contribution >= 0.6 is 11.6 Å². The molecule has 2 aliphatic rings. The molecule has 0 saturated heterocycles. The summed E-state index contributed by atoms with van der Waals surface area (Å²) in [5.41, 5.74) is 10.1. The number of nitrogens with zero attached hydrogens (tertiary/aromatic N) is 2. The average molecular weight is 517 g/mol. The van der Waals surface area contributed by atoms with E-state index in [1.807, 2.05) is 42.5 Å². The Morgan fingerprint density at radius 2 is 1.97 bits per heavy atom. The molecule has 0 amide bonds. The van der Waals surface area contributed by atoms with Gasteiger partial charge in [0.15, 0.2) is 5.60 Å². The van der Waals surface area contributed by atoms with Gasteiger partial charge in [-0.15, -0.1) is 0 Å². The van der Waals surface area contributed by atoms with E-state index in [2.05, 4.69) is 5.32 Å². The summed E-state index contributed by atoms with van der Waals surface area (Å²) < 4.78 is 6.81. The van der Waals surface area contributed by atoms with E-state index in [1.165, 1.54) is 0 Å². The molecule has 0 bridgehead atoms. The predicted molar refractivity (Wildman–Crippen MR) is 143 cm³/mol. The van der Waals surface area contributed by atoms with Crippen LogP contribution in [0, 0.1) is 0 Å². The van der Waals surface area contributed by atoms with Crippen LogP contribution < -0.4 is 16.6 Å². The zero-order valence-corrected chi connectivity index (χ0v) is 20.9. The lowest BCUT2D eigenvalue weighted by atomic mass is 9.86. The van der Waals surface area contributed by atoms with E-state index in [4.69, 9.17) is 27.1 Å². The SMILES string of the molecule is CC[C@@]1(O)C(=O)OCc2c1cc1n(c2=O)Cc2c-1nc1cccc(N)c1c2NCCc1ccc(Cl)cc1. The quantitative estimate of drug-likeness (QED) is 0.239. The zero-order chi connectivity index (χ0) is 25.9. The van der Waals surface area contributed by atoms with E-state index in [0.717, 1.165) is 28.6 Å². The molecule has 6 rings (SSSR count). The number of halogens is 1. The van der Waals surface area contributed by atoms with Crippen LogP contribution in [0.3, 0.4) is 0 Å². The predicted octanol–water partition coefficient (Wildman–Crippen LogP) is 3.97. The summed E-state index contributed by atoms with van der Waals surface area (Å²) in [6.07, 6.45) is 0.848. The molecule has 9 heteroatoms. The maximum atomic E-state index is 13.6. The molecule has 0 unspecified atom stereocenters. The molecule has 8 nitrogen and oxygen atoms in total. The fourth-order valence-electron chi connectivity index (χ4n) is 5.33. The Bertz CT molecular complexity index is 1650. The Hall–Kier alpha value is -3.88. The van der Waals surface area contributed by atoms with Gasteiger partial charge in [0.25, 0.3) is 5.56 Å². The molecule has 37 heavy (non-hydrogen) atoms. The van der Waals surface area contributed by atoms with Crippen molar-refractivity contribution in [1.29, 1.82) is 0 Å². The molecule has 0 saturated carbocycles. The molecule has 0 radical (unpaired) electrons. The Kier molecular flexibility index (Phi) is 5.47. The van der Waals surface area contributed by atoms with E-state index in [1.54, 1.807) is 17.6 Å². The number of hydrogen-bond acceptors (Lipinski definition) is 7. The summed E-state index contributed by atoms with van der Waals surface area (Å²) in [4.78, 5) is 30.9. The first kappa shape index (κ1) is 23.5. The molecular formula is C28H25ClN4O4. The van der Waals surface area contributed by atoms with Gasteiger partial charge >= 0.3 is 5.97 Å². The summed E-state index contributed by atoms with van der Waals surface area (Å²) >= 11 is 6.02. The van der Waals surface area contributed by atoms with Gasteiger partial charge in [-0.05, 0) is 48.7 Å². The maximum absolute atomic E-state index is 13.6. The summed E-state index contributed by atoms with van der Waals surface area (Å²) in [6, 6.07) is 15.0. The van der Waals surface area contributed by atoms with Crippen LogP contribution in [-0.4, -0.2) is 27.2 Å². The molecule has 2 aromatic carbocycles. The van der Waals surface area contributed by atoms with Gasteiger partial charge in [-0.25, -0.2) is 9.78 Å². The largest absolute Gasteiger partial charge is 0.458 e. The number of carbonyl (C=O) groups is 1. The van der Waals surface area contributed by atoms with Crippen molar-refractivity contribution < 1.29 is 14.6 Å². The molecule has 0 spiro atoms. The normalized spacial score (nSPS) is 17.8. The fraction of sp³-hybridized carbons (Fsp3) is 0.250. The molecule has 4 heterocycles. The van der Waals surface area contributed by atoms with Gasteiger partial charge in [0.2, 0.25) is 0 Å². The Balaban J connectivity index is 1.49. The number of fused-ring (bicyclic) bond motifs is 5. The first-order valence-corrected chi connectivity index (χ1v) is 12.6. The van der Waals surface area contributed by atoms with Crippen molar-refractivity contribution in [2.45, 2.75) is 38.5 Å². The van der Waals surface area contributed by atoms with E-state index in [0.29, 0.717) is 45.3 Å². The van der Waals surface area contributed by atoms with Crippen molar-refractivity contribution >= 4 is 39.8 Å². The van der Waals surface area contributed by atoms with Gasteiger partial charge in [-0.3, -0.25) is 4.79 Å². The van der Waals surface area contributed by atoms with Gasteiger partial charge < -0.3 is 25.5 Å². The zero-order valence-electron chi connectivity index (χ0n) is 20.2. The summed E-state index contributed by atoms with van der Waals surface area (Å²) in [6.45, 7) is 2.43. The van der Waals surface area contributed by atoms with Crippen molar-refractivity contribution in [2.75, 3.05) is 17.6 Å². The lowest BCUT2D eigenvalue weighted by molar-refractivity contribution is -0.172. The van der Waals surface area contributed by atoms with E-state index in [-0.39, 0.29) is 25.1 Å².